The van der Waals surface area contributed by atoms with Crippen molar-refractivity contribution in [1.29, 1.82) is 0 Å². The second-order valence-corrected chi connectivity index (χ2v) is 4.13. The van der Waals surface area contributed by atoms with Gasteiger partial charge in [0.05, 0.1) is 0 Å². The molecule has 0 atom stereocenters. The van der Waals surface area contributed by atoms with E-state index in [2.05, 4.69) is 29.1 Å². The maximum absolute atomic E-state index is 5.18. The Kier molecular flexibility index (Phi) is 3.51. The second kappa shape index (κ2) is 5.07. The molecule has 0 aliphatic rings. The number of aromatic amines is 1. The molecule has 0 bridgehead atoms. The van der Waals surface area contributed by atoms with Crippen LogP contribution in [0.4, 0.5) is 0 Å². The highest BCUT2D eigenvalue weighted by Gasteiger charge is 2.02. The van der Waals surface area contributed by atoms with E-state index in [9.17, 15) is 0 Å². The number of aromatic nitrogens is 3. The van der Waals surface area contributed by atoms with Crippen molar-refractivity contribution in [1.82, 2.24) is 14.8 Å². The summed E-state index contributed by atoms with van der Waals surface area (Å²) < 4.78 is 2.57. The van der Waals surface area contributed by atoms with Crippen molar-refractivity contribution in [3.05, 3.63) is 46.5 Å². The summed E-state index contributed by atoms with van der Waals surface area (Å²) in [6.07, 6.45) is 1.86. The molecule has 0 spiro atoms. The Balaban J connectivity index is 2.17. The Morgan fingerprint density at radius 2 is 2.06 bits per heavy atom. The number of aryl methyl sites for hydroxylation is 1. The summed E-state index contributed by atoms with van der Waals surface area (Å²) in [5.41, 5.74) is 1.25. The average Bonchev–Trinajstić information content (AvgIpc) is 2.61. The first-order chi connectivity index (χ1) is 7.79. The van der Waals surface area contributed by atoms with Crippen molar-refractivity contribution in [2.24, 2.45) is 0 Å². The molecule has 16 heavy (non-hydrogen) atoms. The zero-order valence-electron chi connectivity index (χ0n) is 9.31. The van der Waals surface area contributed by atoms with Crippen LogP contribution in [0.2, 0.25) is 0 Å². The number of nitrogens with zero attached hydrogens (tertiary/aromatic N) is 2. The van der Waals surface area contributed by atoms with Crippen molar-refractivity contribution >= 4 is 12.2 Å². The topological polar surface area (TPSA) is 33.6 Å². The summed E-state index contributed by atoms with van der Waals surface area (Å²) in [7, 11) is 0. The van der Waals surface area contributed by atoms with Gasteiger partial charge < -0.3 is 0 Å². The average molecular weight is 233 g/mol. The fraction of sp³-hybridized carbons (Fsp3) is 0.333. The van der Waals surface area contributed by atoms with E-state index in [1.165, 1.54) is 5.56 Å². The van der Waals surface area contributed by atoms with Gasteiger partial charge in [0.2, 0.25) is 4.77 Å². The van der Waals surface area contributed by atoms with Crippen molar-refractivity contribution in [2.75, 3.05) is 0 Å². The monoisotopic (exact) mass is 233 g/mol. The Hall–Kier alpha value is -1.42. The van der Waals surface area contributed by atoms with Crippen LogP contribution in [0.5, 0.6) is 0 Å². The van der Waals surface area contributed by atoms with Gasteiger partial charge in [0, 0.05) is 13.0 Å². The Morgan fingerprint density at radius 1 is 1.31 bits per heavy atom. The van der Waals surface area contributed by atoms with Crippen molar-refractivity contribution < 1.29 is 0 Å². The Morgan fingerprint density at radius 3 is 2.75 bits per heavy atom. The van der Waals surface area contributed by atoms with E-state index in [-0.39, 0.29) is 0 Å². The Labute approximate surface area is 100 Å². The molecule has 84 valence electrons. The quantitative estimate of drug-likeness (QED) is 0.824. The molecule has 3 nitrogen and oxygen atoms in total. The zero-order chi connectivity index (χ0) is 11.4. The smallest absolute Gasteiger partial charge is 0.216 e. The molecular weight excluding hydrogens is 218 g/mol. The van der Waals surface area contributed by atoms with Gasteiger partial charge in [-0.05, 0) is 24.2 Å². The van der Waals surface area contributed by atoms with Crippen LogP contribution in [0.25, 0.3) is 0 Å². The van der Waals surface area contributed by atoms with Gasteiger partial charge in [0.25, 0.3) is 0 Å². The molecule has 2 rings (SSSR count). The van der Waals surface area contributed by atoms with Gasteiger partial charge in [-0.25, -0.2) is 4.98 Å². The van der Waals surface area contributed by atoms with Crippen LogP contribution in [-0.4, -0.2) is 14.8 Å². The summed E-state index contributed by atoms with van der Waals surface area (Å²) in [5, 5.41) is 3.23. The molecule has 0 fully saturated rings. The summed E-state index contributed by atoms with van der Waals surface area (Å²) in [5.74, 6) is 0.935. The summed E-state index contributed by atoms with van der Waals surface area (Å²) in [6.45, 7) is 3.03. The Bertz CT molecular complexity index is 498. The van der Waals surface area contributed by atoms with E-state index < -0.39 is 0 Å². The van der Waals surface area contributed by atoms with Gasteiger partial charge in [-0.1, -0.05) is 37.3 Å². The molecule has 0 amide bonds. The third-order valence-corrected chi connectivity index (χ3v) is 2.70. The highest BCUT2D eigenvalue weighted by molar-refractivity contribution is 7.71. The number of hydrogen-bond acceptors (Lipinski definition) is 2. The molecule has 4 heteroatoms. The fourth-order valence-corrected chi connectivity index (χ4v) is 1.89. The normalized spacial score (nSPS) is 10.6. The predicted octanol–water partition coefficient (Wildman–Crippen LogP) is 2.94. The molecule has 0 saturated heterocycles. The second-order valence-electron chi connectivity index (χ2n) is 3.77. The van der Waals surface area contributed by atoms with Crippen LogP contribution < -0.4 is 0 Å². The first-order valence-corrected chi connectivity index (χ1v) is 5.90. The minimum absolute atomic E-state index is 0.646. The standard InChI is InChI=1S/C12H15N3S/c1-2-8-15-12(16)13-11(14-15)9-10-6-4-3-5-7-10/h3-7H,2,8-9H2,1H3,(H,13,14,16). The highest BCUT2D eigenvalue weighted by atomic mass is 32.1. The molecule has 2 aromatic rings. The lowest BCUT2D eigenvalue weighted by Crippen LogP contribution is -1.99. The number of hydrogen-bond donors (Lipinski definition) is 1. The minimum Gasteiger partial charge on any atom is -0.283 e. The van der Waals surface area contributed by atoms with Gasteiger partial charge in [0.15, 0.2) is 0 Å². The van der Waals surface area contributed by atoms with Gasteiger partial charge in [-0.15, -0.1) is 0 Å². The molecule has 1 aromatic heterocycles. The number of H-pyrrole nitrogens is 1. The van der Waals surface area contributed by atoms with Crippen LogP contribution in [0.15, 0.2) is 30.3 Å². The lowest BCUT2D eigenvalue weighted by atomic mass is 10.1. The maximum atomic E-state index is 5.18. The van der Waals surface area contributed by atoms with Crippen LogP contribution >= 0.6 is 12.2 Å². The molecule has 0 saturated carbocycles. The van der Waals surface area contributed by atoms with E-state index in [4.69, 9.17) is 12.2 Å². The summed E-state index contributed by atoms with van der Waals surface area (Å²) in [6, 6.07) is 10.3. The van der Waals surface area contributed by atoms with E-state index >= 15 is 0 Å². The van der Waals surface area contributed by atoms with E-state index in [0.29, 0.717) is 4.77 Å². The number of rotatable bonds is 4. The first kappa shape index (κ1) is 11.1. The van der Waals surface area contributed by atoms with Crippen LogP contribution in [0.3, 0.4) is 0 Å². The summed E-state index contributed by atoms with van der Waals surface area (Å²) >= 11 is 5.18. The van der Waals surface area contributed by atoms with Crippen molar-refractivity contribution in [2.45, 2.75) is 26.3 Å². The molecule has 0 aliphatic carbocycles. The van der Waals surface area contributed by atoms with E-state index in [1.807, 2.05) is 22.9 Å². The lowest BCUT2D eigenvalue weighted by molar-refractivity contribution is 0.588. The van der Waals surface area contributed by atoms with Crippen LogP contribution in [0, 0.1) is 4.77 Å². The largest absolute Gasteiger partial charge is 0.283 e. The highest BCUT2D eigenvalue weighted by Crippen LogP contribution is 2.05. The van der Waals surface area contributed by atoms with Gasteiger partial charge in [-0.3, -0.25) is 9.78 Å². The number of nitrogens with one attached hydrogen (secondary N) is 1. The van der Waals surface area contributed by atoms with Gasteiger partial charge >= 0.3 is 0 Å². The lowest BCUT2D eigenvalue weighted by Gasteiger charge is -1.98. The molecule has 1 heterocycles. The molecule has 0 aliphatic heterocycles. The third kappa shape index (κ3) is 2.58. The first-order valence-electron chi connectivity index (χ1n) is 5.49. The van der Waals surface area contributed by atoms with Crippen molar-refractivity contribution in [3.63, 3.8) is 0 Å². The molecule has 1 aromatic carbocycles. The predicted molar refractivity (Wildman–Crippen MR) is 67.0 cm³/mol. The molecule has 0 radical (unpaired) electrons. The zero-order valence-corrected chi connectivity index (χ0v) is 10.1. The molecule has 0 unspecified atom stereocenters. The van der Waals surface area contributed by atoms with Crippen LogP contribution in [-0.2, 0) is 13.0 Å². The fourth-order valence-electron chi connectivity index (χ4n) is 1.65. The maximum Gasteiger partial charge on any atom is 0.216 e. The van der Waals surface area contributed by atoms with Gasteiger partial charge in [0.1, 0.15) is 5.82 Å². The van der Waals surface area contributed by atoms with E-state index in [0.717, 1.165) is 25.2 Å². The molecule has 1 N–H and O–H groups in total. The number of benzene rings is 1. The van der Waals surface area contributed by atoms with Crippen molar-refractivity contribution in [3.8, 4) is 0 Å². The SMILES string of the molecule is CCCn1[nH]c(Cc2ccccc2)nc1=S. The van der Waals surface area contributed by atoms with E-state index in [1.54, 1.807) is 0 Å². The summed E-state index contributed by atoms with van der Waals surface area (Å²) in [4.78, 5) is 4.35. The third-order valence-electron chi connectivity index (χ3n) is 2.39. The molecular formula is C12H15N3S. The minimum atomic E-state index is 0.646. The van der Waals surface area contributed by atoms with Crippen LogP contribution in [0.1, 0.15) is 24.7 Å². The van der Waals surface area contributed by atoms with Gasteiger partial charge in [-0.2, -0.15) is 0 Å².